The predicted octanol–water partition coefficient (Wildman–Crippen LogP) is 6.39. The SMILES string of the molecule is C.C.COc1ccc(C2(c3ccc(OC(C)=O)cc3)CCCCC2)cc1.[HH]. The molecular weight excluding hydrogens is 324 g/mol. The van der Waals surface area contributed by atoms with E-state index in [4.69, 9.17) is 9.47 Å². The Morgan fingerprint density at radius 3 is 1.73 bits per heavy atom. The number of hydrogen-bond donors (Lipinski definition) is 0. The van der Waals surface area contributed by atoms with Crippen LogP contribution in [0.5, 0.6) is 11.5 Å². The molecule has 0 bridgehead atoms. The van der Waals surface area contributed by atoms with E-state index in [1.165, 1.54) is 37.3 Å². The molecule has 1 aliphatic carbocycles. The van der Waals surface area contributed by atoms with Gasteiger partial charge in [-0.15, -0.1) is 0 Å². The largest absolute Gasteiger partial charge is 0.497 e. The zero-order valence-corrected chi connectivity index (χ0v) is 14.4. The maximum Gasteiger partial charge on any atom is 0.308 e. The molecule has 3 rings (SSSR count). The van der Waals surface area contributed by atoms with Gasteiger partial charge in [-0.3, -0.25) is 4.79 Å². The standard InChI is InChI=1S/C21H24O3.2CH4.H2/c1-16(22)24-20-12-8-18(9-13-20)21(14-4-3-5-15-21)17-6-10-19(23-2)11-7-17;;;/h6-13H,3-5,14-15H2,1-2H3;2*1H4;1H. The van der Waals surface area contributed by atoms with Crippen molar-refractivity contribution in [3.05, 3.63) is 59.7 Å². The van der Waals surface area contributed by atoms with Gasteiger partial charge >= 0.3 is 5.97 Å². The normalized spacial score (nSPS) is 15.2. The van der Waals surface area contributed by atoms with Crippen molar-refractivity contribution >= 4 is 5.97 Å². The number of methoxy groups -OCH3 is 1. The van der Waals surface area contributed by atoms with E-state index in [1.807, 2.05) is 24.3 Å². The van der Waals surface area contributed by atoms with Crippen molar-refractivity contribution in [1.82, 2.24) is 0 Å². The predicted molar refractivity (Wildman–Crippen MR) is 110 cm³/mol. The topological polar surface area (TPSA) is 35.5 Å². The highest BCUT2D eigenvalue weighted by Gasteiger charge is 2.35. The van der Waals surface area contributed by atoms with E-state index in [9.17, 15) is 4.79 Å². The van der Waals surface area contributed by atoms with Gasteiger partial charge in [0.25, 0.3) is 0 Å². The molecule has 2 aromatic carbocycles. The van der Waals surface area contributed by atoms with Gasteiger partial charge in [0.1, 0.15) is 11.5 Å². The maximum absolute atomic E-state index is 11.1. The number of esters is 1. The molecule has 3 nitrogen and oxygen atoms in total. The fourth-order valence-electron chi connectivity index (χ4n) is 3.82. The second-order valence-corrected chi connectivity index (χ2v) is 6.49. The molecule has 1 aliphatic rings. The molecule has 0 atom stereocenters. The molecule has 0 unspecified atom stereocenters. The lowest BCUT2D eigenvalue weighted by Gasteiger charge is -2.38. The number of carbonyl (C=O) groups excluding carboxylic acids is 1. The van der Waals surface area contributed by atoms with Crippen LogP contribution in [-0.2, 0) is 10.2 Å². The summed E-state index contributed by atoms with van der Waals surface area (Å²) in [6.45, 7) is 1.42. The lowest BCUT2D eigenvalue weighted by Crippen LogP contribution is -2.30. The molecule has 0 saturated heterocycles. The Morgan fingerprint density at radius 1 is 0.846 bits per heavy atom. The van der Waals surface area contributed by atoms with Gasteiger partial charge in [0.05, 0.1) is 7.11 Å². The van der Waals surface area contributed by atoms with Crippen molar-refractivity contribution in [2.75, 3.05) is 7.11 Å². The third kappa shape index (κ3) is 4.46. The van der Waals surface area contributed by atoms with Crippen LogP contribution in [0.4, 0.5) is 0 Å². The average molecular weight is 359 g/mol. The van der Waals surface area contributed by atoms with Gasteiger partial charge in [0.15, 0.2) is 0 Å². The van der Waals surface area contributed by atoms with Gasteiger partial charge in [0, 0.05) is 13.8 Å². The fourth-order valence-corrected chi connectivity index (χ4v) is 3.82. The van der Waals surface area contributed by atoms with E-state index in [2.05, 4.69) is 24.3 Å². The Morgan fingerprint density at radius 2 is 1.31 bits per heavy atom. The van der Waals surface area contributed by atoms with Crippen molar-refractivity contribution in [2.45, 2.75) is 59.3 Å². The molecule has 26 heavy (non-hydrogen) atoms. The summed E-state index contributed by atoms with van der Waals surface area (Å²) >= 11 is 0. The third-order valence-electron chi connectivity index (χ3n) is 5.02. The molecule has 0 amide bonds. The van der Waals surface area contributed by atoms with E-state index < -0.39 is 0 Å². The molecule has 0 spiro atoms. The Labute approximate surface area is 159 Å². The van der Waals surface area contributed by atoms with E-state index in [-0.39, 0.29) is 27.7 Å². The number of ether oxygens (including phenoxy) is 2. The van der Waals surface area contributed by atoms with Gasteiger partial charge in [-0.2, -0.15) is 0 Å². The minimum absolute atomic E-state index is 0. The van der Waals surface area contributed by atoms with E-state index in [0.29, 0.717) is 5.75 Å². The minimum Gasteiger partial charge on any atom is -0.497 e. The van der Waals surface area contributed by atoms with Gasteiger partial charge < -0.3 is 9.47 Å². The van der Waals surface area contributed by atoms with Crippen molar-refractivity contribution in [1.29, 1.82) is 0 Å². The molecule has 1 saturated carbocycles. The zero-order chi connectivity index (χ0) is 17.0. The first-order valence-electron chi connectivity index (χ1n) is 8.57. The summed E-state index contributed by atoms with van der Waals surface area (Å²) in [5.74, 6) is 1.20. The Balaban J connectivity index is 0.00000225. The molecule has 2 aromatic rings. The van der Waals surface area contributed by atoms with Gasteiger partial charge in [-0.1, -0.05) is 58.4 Å². The average Bonchev–Trinajstić information content (AvgIpc) is 2.62. The van der Waals surface area contributed by atoms with Crippen LogP contribution in [0.1, 0.15) is 66.4 Å². The van der Waals surface area contributed by atoms with E-state index in [0.717, 1.165) is 18.6 Å². The summed E-state index contributed by atoms with van der Waals surface area (Å²) in [6.07, 6.45) is 6.05. The first-order chi connectivity index (χ1) is 11.6. The fraction of sp³-hybridized carbons (Fsp3) is 0.435. The van der Waals surface area contributed by atoms with Crippen LogP contribution in [0.3, 0.4) is 0 Å². The van der Waals surface area contributed by atoms with Gasteiger partial charge in [0.2, 0.25) is 0 Å². The molecule has 144 valence electrons. The van der Waals surface area contributed by atoms with Crippen molar-refractivity contribution in [3.8, 4) is 11.5 Å². The number of hydrogen-bond acceptors (Lipinski definition) is 3. The summed E-state index contributed by atoms with van der Waals surface area (Å²) in [4.78, 5) is 11.1. The smallest absolute Gasteiger partial charge is 0.308 e. The van der Waals surface area contributed by atoms with Crippen LogP contribution < -0.4 is 9.47 Å². The van der Waals surface area contributed by atoms with Crippen molar-refractivity contribution in [3.63, 3.8) is 0 Å². The second-order valence-electron chi connectivity index (χ2n) is 6.49. The van der Waals surface area contributed by atoms with Crippen molar-refractivity contribution in [2.24, 2.45) is 0 Å². The highest BCUT2D eigenvalue weighted by atomic mass is 16.5. The molecule has 0 heterocycles. The Bertz CT molecular complexity index is 687. The first kappa shape index (κ1) is 21.8. The summed E-state index contributed by atoms with van der Waals surface area (Å²) < 4.78 is 10.5. The van der Waals surface area contributed by atoms with Crippen LogP contribution in [0.2, 0.25) is 0 Å². The molecule has 1 fully saturated rings. The molecule has 0 N–H and O–H groups in total. The van der Waals surface area contributed by atoms with Crippen LogP contribution in [0.25, 0.3) is 0 Å². The van der Waals surface area contributed by atoms with Crippen LogP contribution in [0, 0.1) is 0 Å². The minimum atomic E-state index is -0.287. The molecular formula is C23H34O3. The highest BCUT2D eigenvalue weighted by Crippen LogP contribution is 2.45. The Kier molecular flexibility index (Phi) is 7.88. The highest BCUT2D eigenvalue weighted by molar-refractivity contribution is 5.69. The third-order valence-corrected chi connectivity index (χ3v) is 5.02. The van der Waals surface area contributed by atoms with E-state index >= 15 is 0 Å². The number of benzene rings is 2. The summed E-state index contributed by atoms with van der Waals surface area (Å²) in [6, 6.07) is 16.5. The Hall–Kier alpha value is -2.29. The quantitative estimate of drug-likeness (QED) is 0.469. The maximum atomic E-state index is 11.1. The summed E-state index contributed by atoms with van der Waals surface area (Å²) in [5.41, 5.74) is 2.67. The number of rotatable bonds is 4. The lowest BCUT2D eigenvalue weighted by atomic mass is 9.65. The molecule has 0 aromatic heterocycles. The summed E-state index contributed by atoms with van der Waals surface area (Å²) in [5, 5.41) is 0. The molecule has 0 aliphatic heterocycles. The molecule has 3 heteroatoms. The first-order valence-corrected chi connectivity index (χ1v) is 8.57. The van der Waals surface area contributed by atoms with Crippen molar-refractivity contribution < 1.29 is 15.7 Å². The van der Waals surface area contributed by atoms with E-state index in [1.54, 1.807) is 7.11 Å². The lowest BCUT2D eigenvalue weighted by molar-refractivity contribution is -0.131. The molecule has 0 radical (unpaired) electrons. The van der Waals surface area contributed by atoms with Crippen LogP contribution in [0.15, 0.2) is 48.5 Å². The van der Waals surface area contributed by atoms with Crippen LogP contribution in [-0.4, -0.2) is 13.1 Å². The van der Waals surface area contributed by atoms with Gasteiger partial charge in [-0.25, -0.2) is 0 Å². The monoisotopic (exact) mass is 358 g/mol. The zero-order valence-electron chi connectivity index (χ0n) is 14.4. The van der Waals surface area contributed by atoms with Crippen LogP contribution >= 0.6 is 0 Å². The summed E-state index contributed by atoms with van der Waals surface area (Å²) in [7, 11) is 1.69. The van der Waals surface area contributed by atoms with Gasteiger partial charge in [-0.05, 0) is 48.2 Å². The number of carbonyl (C=O) groups is 1. The second kappa shape index (κ2) is 9.42.